The molecule has 1 unspecified atom stereocenters. The summed E-state index contributed by atoms with van der Waals surface area (Å²) >= 11 is 0. The molecule has 1 aromatic carbocycles. The van der Waals surface area contributed by atoms with Crippen LogP contribution in [0.3, 0.4) is 0 Å². The minimum atomic E-state index is -0.0488. The van der Waals surface area contributed by atoms with Crippen molar-refractivity contribution < 1.29 is 4.79 Å². The monoisotopic (exact) mass is 259 g/mol. The van der Waals surface area contributed by atoms with Crippen molar-refractivity contribution >= 4 is 5.78 Å². The molecule has 1 rings (SSSR count). The first kappa shape index (κ1) is 15.6. The molecule has 0 aliphatic carbocycles. The fourth-order valence-electron chi connectivity index (χ4n) is 2.23. The van der Waals surface area contributed by atoms with Crippen LogP contribution in [-0.2, 0) is 0 Å². The van der Waals surface area contributed by atoms with Crippen LogP contribution in [0.5, 0.6) is 0 Å². The molecule has 1 aromatic rings. The summed E-state index contributed by atoms with van der Waals surface area (Å²) in [5, 5.41) is 0. The third kappa shape index (κ3) is 4.64. The summed E-state index contributed by atoms with van der Waals surface area (Å²) in [5.41, 5.74) is 2.07. The molecular weight excluding hydrogens is 234 g/mol. The maximum Gasteiger partial charge on any atom is 0.180 e. The van der Waals surface area contributed by atoms with Crippen LogP contribution in [-0.4, -0.2) is 29.8 Å². The van der Waals surface area contributed by atoms with E-state index in [1.165, 1.54) is 5.57 Å². The van der Waals surface area contributed by atoms with Crippen molar-refractivity contribution in [1.29, 1.82) is 0 Å². The van der Waals surface area contributed by atoms with Crippen LogP contribution in [0.25, 0.3) is 0 Å². The van der Waals surface area contributed by atoms with Crippen molar-refractivity contribution in [2.24, 2.45) is 0 Å². The van der Waals surface area contributed by atoms with Crippen molar-refractivity contribution in [1.82, 2.24) is 4.90 Å². The SMILES string of the molecule is CCN(CC)C(CC=C(C)C)C(=O)c1ccccc1. The second-order valence-corrected chi connectivity index (χ2v) is 4.98. The molecule has 0 aliphatic rings. The van der Waals surface area contributed by atoms with Crippen LogP contribution in [0, 0.1) is 0 Å². The highest BCUT2D eigenvalue weighted by Crippen LogP contribution is 2.14. The maximum atomic E-state index is 12.6. The van der Waals surface area contributed by atoms with Crippen LogP contribution in [0.15, 0.2) is 42.0 Å². The maximum absolute atomic E-state index is 12.6. The van der Waals surface area contributed by atoms with Gasteiger partial charge in [-0.3, -0.25) is 9.69 Å². The zero-order valence-corrected chi connectivity index (χ0v) is 12.5. The van der Waals surface area contributed by atoms with Crippen LogP contribution < -0.4 is 0 Å². The molecule has 0 aliphatic heterocycles. The van der Waals surface area contributed by atoms with Crippen LogP contribution in [0.2, 0.25) is 0 Å². The van der Waals surface area contributed by atoms with E-state index in [0.29, 0.717) is 0 Å². The summed E-state index contributed by atoms with van der Waals surface area (Å²) in [4.78, 5) is 14.9. The molecule has 0 heterocycles. The number of Topliss-reactive ketones (excluding diaryl/α,β-unsaturated/α-hetero) is 1. The van der Waals surface area contributed by atoms with Crippen molar-refractivity contribution in [3.05, 3.63) is 47.5 Å². The van der Waals surface area contributed by atoms with Gasteiger partial charge in [-0.15, -0.1) is 0 Å². The van der Waals surface area contributed by atoms with Crippen LogP contribution >= 0.6 is 0 Å². The standard InChI is InChI=1S/C17H25NO/c1-5-18(6-2)16(13-12-14(3)4)17(19)15-10-8-7-9-11-15/h7-12,16H,5-6,13H2,1-4H3. The minimum absolute atomic E-state index is 0.0488. The Hall–Kier alpha value is -1.41. The zero-order valence-electron chi connectivity index (χ0n) is 12.5. The molecule has 0 bridgehead atoms. The highest BCUT2D eigenvalue weighted by atomic mass is 16.1. The molecule has 0 N–H and O–H groups in total. The number of ketones is 1. The Morgan fingerprint density at radius 2 is 1.74 bits per heavy atom. The summed E-state index contributed by atoms with van der Waals surface area (Å²) in [6, 6.07) is 9.55. The van der Waals surface area contributed by atoms with Gasteiger partial charge in [-0.05, 0) is 33.4 Å². The van der Waals surface area contributed by atoms with E-state index in [2.05, 4.69) is 38.7 Å². The molecule has 0 radical (unpaired) electrons. The van der Waals surface area contributed by atoms with Gasteiger partial charge in [0.15, 0.2) is 5.78 Å². The molecule has 0 fully saturated rings. The molecule has 19 heavy (non-hydrogen) atoms. The quantitative estimate of drug-likeness (QED) is 0.546. The fourth-order valence-corrected chi connectivity index (χ4v) is 2.23. The van der Waals surface area contributed by atoms with Crippen LogP contribution in [0.1, 0.15) is 44.5 Å². The highest BCUT2D eigenvalue weighted by Gasteiger charge is 2.23. The lowest BCUT2D eigenvalue weighted by Crippen LogP contribution is -2.40. The molecule has 2 heteroatoms. The summed E-state index contributed by atoms with van der Waals surface area (Å²) < 4.78 is 0. The number of likely N-dealkylation sites (N-methyl/N-ethyl adjacent to an activating group) is 1. The van der Waals surface area contributed by atoms with E-state index >= 15 is 0 Å². The van der Waals surface area contributed by atoms with Gasteiger partial charge in [-0.25, -0.2) is 0 Å². The van der Waals surface area contributed by atoms with E-state index in [1.54, 1.807) is 0 Å². The first-order valence-corrected chi connectivity index (χ1v) is 7.06. The van der Waals surface area contributed by atoms with E-state index < -0.39 is 0 Å². The number of carbonyl (C=O) groups excluding carboxylic acids is 1. The van der Waals surface area contributed by atoms with Gasteiger partial charge in [-0.1, -0.05) is 55.8 Å². The van der Waals surface area contributed by atoms with Gasteiger partial charge in [0.05, 0.1) is 6.04 Å². The van der Waals surface area contributed by atoms with Crippen LogP contribution in [0.4, 0.5) is 0 Å². The second kappa shape index (κ2) is 7.90. The topological polar surface area (TPSA) is 20.3 Å². The largest absolute Gasteiger partial charge is 0.294 e. The van der Waals surface area contributed by atoms with Gasteiger partial charge >= 0.3 is 0 Å². The van der Waals surface area contributed by atoms with Gasteiger partial charge < -0.3 is 0 Å². The number of benzene rings is 1. The number of hydrogen-bond acceptors (Lipinski definition) is 2. The molecule has 0 aromatic heterocycles. The van der Waals surface area contributed by atoms with E-state index in [1.807, 2.05) is 30.3 Å². The average molecular weight is 259 g/mol. The van der Waals surface area contributed by atoms with E-state index in [9.17, 15) is 4.79 Å². The van der Waals surface area contributed by atoms with Crippen molar-refractivity contribution in [3.63, 3.8) is 0 Å². The van der Waals surface area contributed by atoms with Gasteiger partial charge in [-0.2, -0.15) is 0 Å². The molecule has 2 nitrogen and oxygen atoms in total. The Bertz CT molecular complexity index is 414. The lowest BCUT2D eigenvalue weighted by atomic mass is 9.99. The van der Waals surface area contributed by atoms with E-state index in [0.717, 1.165) is 25.1 Å². The van der Waals surface area contributed by atoms with Crippen molar-refractivity contribution in [2.75, 3.05) is 13.1 Å². The first-order chi connectivity index (χ1) is 9.10. The Labute approximate surface area is 117 Å². The summed E-state index contributed by atoms with van der Waals surface area (Å²) in [6.45, 7) is 10.2. The number of hydrogen-bond donors (Lipinski definition) is 0. The molecule has 0 saturated carbocycles. The second-order valence-electron chi connectivity index (χ2n) is 4.98. The third-order valence-corrected chi connectivity index (χ3v) is 3.36. The number of nitrogens with zero attached hydrogens (tertiary/aromatic N) is 1. The van der Waals surface area contributed by atoms with Gasteiger partial charge in [0.1, 0.15) is 0 Å². The van der Waals surface area contributed by atoms with Crippen molar-refractivity contribution in [3.8, 4) is 0 Å². The third-order valence-electron chi connectivity index (χ3n) is 3.36. The first-order valence-electron chi connectivity index (χ1n) is 7.06. The minimum Gasteiger partial charge on any atom is -0.294 e. The molecule has 0 amide bonds. The summed E-state index contributed by atoms with van der Waals surface area (Å²) in [7, 11) is 0. The predicted molar refractivity (Wildman–Crippen MR) is 81.5 cm³/mol. The van der Waals surface area contributed by atoms with Crippen molar-refractivity contribution in [2.45, 2.75) is 40.2 Å². The van der Waals surface area contributed by atoms with Gasteiger partial charge in [0.2, 0.25) is 0 Å². The molecule has 104 valence electrons. The lowest BCUT2D eigenvalue weighted by Gasteiger charge is -2.28. The average Bonchev–Trinajstić information content (AvgIpc) is 2.43. The Morgan fingerprint density at radius 3 is 2.21 bits per heavy atom. The fraction of sp³-hybridized carbons (Fsp3) is 0.471. The van der Waals surface area contributed by atoms with Gasteiger partial charge in [0.25, 0.3) is 0 Å². The molecule has 1 atom stereocenters. The Morgan fingerprint density at radius 1 is 1.16 bits per heavy atom. The predicted octanol–water partition coefficient (Wildman–Crippen LogP) is 3.94. The Balaban J connectivity index is 2.95. The summed E-state index contributed by atoms with van der Waals surface area (Å²) in [5.74, 6) is 0.224. The Kier molecular flexibility index (Phi) is 6.51. The van der Waals surface area contributed by atoms with E-state index in [4.69, 9.17) is 0 Å². The molecule has 0 saturated heterocycles. The lowest BCUT2D eigenvalue weighted by molar-refractivity contribution is 0.0834. The number of carbonyl (C=O) groups is 1. The number of allylic oxidation sites excluding steroid dienone is 1. The van der Waals surface area contributed by atoms with E-state index in [-0.39, 0.29) is 11.8 Å². The molecule has 0 spiro atoms. The number of rotatable bonds is 7. The van der Waals surface area contributed by atoms with Gasteiger partial charge in [0, 0.05) is 5.56 Å². The summed E-state index contributed by atoms with van der Waals surface area (Å²) in [6.07, 6.45) is 2.95. The normalized spacial score (nSPS) is 12.3. The highest BCUT2D eigenvalue weighted by molar-refractivity contribution is 6.00. The molecular formula is C17H25NO. The smallest absolute Gasteiger partial charge is 0.180 e. The zero-order chi connectivity index (χ0) is 14.3.